The largest absolute Gasteiger partial charge is 0.381 e. The van der Waals surface area contributed by atoms with Crippen molar-refractivity contribution in [2.45, 2.75) is 64.2 Å². The van der Waals surface area contributed by atoms with Crippen molar-refractivity contribution in [2.24, 2.45) is 17.6 Å². The summed E-state index contributed by atoms with van der Waals surface area (Å²) in [6, 6.07) is 0.110. The molecule has 2 heterocycles. The van der Waals surface area contributed by atoms with Crippen molar-refractivity contribution < 1.29 is 14.2 Å². The molecule has 0 aromatic heterocycles. The smallest absolute Gasteiger partial charge is 0.0751 e. The van der Waals surface area contributed by atoms with Gasteiger partial charge in [0.2, 0.25) is 0 Å². The van der Waals surface area contributed by atoms with Crippen LogP contribution in [0.4, 0.5) is 0 Å². The highest BCUT2D eigenvalue weighted by atomic mass is 16.5. The molecule has 2 N–H and O–H groups in total. The van der Waals surface area contributed by atoms with E-state index in [4.69, 9.17) is 19.9 Å². The van der Waals surface area contributed by atoms with Crippen molar-refractivity contribution in [3.63, 3.8) is 0 Å². The second-order valence-corrected chi connectivity index (χ2v) is 6.64. The third-order valence-corrected chi connectivity index (χ3v) is 4.87. The van der Waals surface area contributed by atoms with E-state index in [0.717, 1.165) is 52.1 Å². The molecule has 0 aliphatic carbocycles. The monoisotopic (exact) mass is 285 g/mol. The molecule has 0 bridgehead atoms. The van der Waals surface area contributed by atoms with Crippen molar-refractivity contribution in [1.82, 2.24) is 0 Å². The van der Waals surface area contributed by atoms with Crippen LogP contribution in [0.3, 0.4) is 0 Å². The quantitative estimate of drug-likeness (QED) is 0.842. The van der Waals surface area contributed by atoms with Crippen LogP contribution in [0.5, 0.6) is 0 Å². The van der Waals surface area contributed by atoms with Crippen molar-refractivity contribution in [1.29, 1.82) is 0 Å². The molecule has 20 heavy (non-hydrogen) atoms. The molecular formula is C16H31NO3. The molecular weight excluding hydrogens is 254 g/mol. The van der Waals surface area contributed by atoms with Crippen LogP contribution in [0.1, 0.15) is 46.5 Å². The van der Waals surface area contributed by atoms with Gasteiger partial charge in [-0.15, -0.1) is 0 Å². The molecule has 0 amide bonds. The lowest BCUT2D eigenvalue weighted by Gasteiger charge is -2.46. The first-order valence-electron chi connectivity index (χ1n) is 8.17. The summed E-state index contributed by atoms with van der Waals surface area (Å²) in [5, 5.41) is 0. The van der Waals surface area contributed by atoms with Gasteiger partial charge in [-0.05, 0) is 44.4 Å². The van der Waals surface area contributed by atoms with Crippen molar-refractivity contribution in [3.8, 4) is 0 Å². The molecule has 2 aliphatic rings. The molecule has 4 heteroatoms. The molecule has 0 aromatic rings. The molecule has 0 radical (unpaired) electrons. The maximum absolute atomic E-state index is 6.56. The standard InChI is InChI=1S/C16H31NO3/c1-4-19-15(12(2)3)14(17)13-5-8-20-16(11-13)6-9-18-10-7-16/h12-15H,4-11,17H2,1-3H3. The summed E-state index contributed by atoms with van der Waals surface area (Å²) in [5.74, 6) is 0.958. The van der Waals surface area contributed by atoms with Gasteiger partial charge < -0.3 is 19.9 Å². The topological polar surface area (TPSA) is 53.7 Å². The zero-order chi connectivity index (χ0) is 14.6. The zero-order valence-electron chi connectivity index (χ0n) is 13.3. The third kappa shape index (κ3) is 3.73. The van der Waals surface area contributed by atoms with E-state index in [0.29, 0.717) is 11.8 Å². The van der Waals surface area contributed by atoms with E-state index in [-0.39, 0.29) is 17.7 Å². The van der Waals surface area contributed by atoms with Gasteiger partial charge in [0.1, 0.15) is 0 Å². The maximum atomic E-state index is 6.56. The Labute approximate surface area is 123 Å². The Kier molecular flexibility index (Phi) is 5.84. The second kappa shape index (κ2) is 7.21. The molecule has 2 fully saturated rings. The lowest BCUT2D eigenvalue weighted by Crippen LogP contribution is -2.52. The fraction of sp³-hybridized carbons (Fsp3) is 1.00. The highest BCUT2D eigenvalue weighted by molar-refractivity contribution is 4.94. The Morgan fingerprint density at radius 3 is 2.55 bits per heavy atom. The molecule has 0 aromatic carbocycles. The van der Waals surface area contributed by atoms with Gasteiger partial charge in [-0.1, -0.05) is 13.8 Å². The van der Waals surface area contributed by atoms with E-state index < -0.39 is 0 Å². The number of rotatable bonds is 5. The van der Waals surface area contributed by atoms with Crippen LogP contribution in [0, 0.1) is 11.8 Å². The lowest BCUT2D eigenvalue weighted by atomic mass is 9.75. The summed E-state index contributed by atoms with van der Waals surface area (Å²) in [5.41, 5.74) is 6.58. The summed E-state index contributed by atoms with van der Waals surface area (Å²) in [4.78, 5) is 0. The minimum Gasteiger partial charge on any atom is -0.381 e. The van der Waals surface area contributed by atoms with E-state index in [1.54, 1.807) is 0 Å². The first-order valence-corrected chi connectivity index (χ1v) is 8.17. The second-order valence-electron chi connectivity index (χ2n) is 6.64. The molecule has 3 unspecified atom stereocenters. The number of nitrogens with two attached hydrogens (primary N) is 1. The number of hydrogen-bond acceptors (Lipinski definition) is 4. The highest BCUT2D eigenvalue weighted by Crippen LogP contribution is 2.39. The summed E-state index contributed by atoms with van der Waals surface area (Å²) in [6.45, 7) is 9.65. The minimum atomic E-state index is 0.0204. The summed E-state index contributed by atoms with van der Waals surface area (Å²) >= 11 is 0. The van der Waals surface area contributed by atoms with Gasteiger partial charge in [0, 0.05) is 32.5 Å². The Morgan fingerprint density at radius 2 is 1.95 bits per heavy atom. The average molecular weight is 285 g/mol. The van der Waals surface area contributed by atoms with E-state index in [1.807, 2.05) is 6.92 Å². The lowest BCUT2D eigenvalue weighted by molar-refractivity contribution is -0.154. The van der Waals surface area contributed by atoms with Gasteiger partial charge >= 0.3 is 0 Å². The zero-order valence-corrected chi connectivity index (χ0v) is 13.3. The van der Waals surface area contributed by atoms with Gasteiger partial charge in [0.25, 0.3) is 0 Å². The predicted molar refractivity (Wildman–Crippen MR) is 79.7 cm³/mol. The van der Waals surface area contributed by atoms with Crippen molar-refractivity contribution >= 4 is 0 Å². The highest BCUT2D eigenvalue weighted by Gasteiger charge is 2.42. The number of hydrogen-bond donors (Lipinski definition) is 1. The summed E-state index contributed by atoms with van der Waals surface area (Å²) < 4.78 is 17.5. The first kappa shape index (κ1) is 16.2. The molecule has 3 atom stereocenters. The molecule has 2 rings (SSSR count). The van der Waals surface area contributed by atoms with E-state index in [2.05, 4.69) is 13.8 Å². The van der Waals surface area contributed by atoms with Gasteiger partial charge in [-0.25, -0.2) is 0 Å². The Hall–Kier alpha value is -0.160. The summed E-state index contributed by atoms with van der Waals surface area (Å²) in [7, 11) is 0. The van der Waals surface area contributed by atoms with Gasteiger partial charge in [0.15, 0.2) is 0 Å². The Bertz CT molecular complexity index is 284. The molecule has 0 saturated carbocycles. The van der Waals surface area contributed by atoms with Crippen LogP contribution < -0.4 is 5.73 Å². The van der Waals surface area contributed by atoms with E-state index >= 15 is 0 Å². The Balaban J connectivity index is 1.99. The number of ether oxygens (including phenoxy) is 3. The van der Waals surface area contributed by atoms with Crippen LogP contribution in [0.2, 0.25) is 0 Å². The average Bonchev–Trinajstić information content (AvgIpc) is 2.44. The van der Waals surface area contributed by atoms with E-state index in [9.17, 15) is 0 Å². The van der Waals surface area contributed by atoms with Gasteiger partial charge in [-0.3, -0.25) is 0 Å². The summed E-state index contributed by atoms with van der Waals surface area (Å²) in [6.07, 6.45) is 4.29. The normalized spacial score (nSPS) is 29.6. The molecule has 2 aliphatic heterocycles. The van der Waals surface area contributed by atoms with Crippen molar-refractivity contribution in [2.75, 3.05) is 26.4 Å². The molecule has 118 valence electrons. The van der Waals surface area contributed by atoms with Crippen molar-refractivity contribution in [3.05, 3.63) is 0 Å². The predicted octanol–water partition coefficient (Wildman–Crippen LogP) is 2.35. The van der Waals surface area contributed by atoms with Crippen LogP contribution in [-0.4, -0.2) is 44.2 Å². The van der Waals surface area contributed by atoms with Gasteiger partial charge in [0.05, 0.1) is 11.7 Å². The van der Waals surface area contributed by atoms with Crippen LogP contribution >= 0.6 is 0 Å². The molecule has 4 nitrogen and oxygen atoms in total. The third-order valence-electron chi connectivity index (χ3n) is 4.87. The fourth-order valence-corrected chi connectivity index (χ4v) is 3.69. The van der Waals surface area contributed by atoms with E-state index in [1.165, 1.54) is 0 Å². The van der Waals surface area contributed by atoms with Crippen LogP contribution in [0.15, 0.2) is 0 Å². The minimum absolute atomic E-state index is 0.0204. The Morgan fingerprint density at radius 1 is 1.25 bits per heavy atom. The van der Waals surface area contributed by atoms with Gasteiger partial charge in [-0.2, -0.15) is 0 Å². The maximum Gasteiger partial charge on any atom is 0.0751 e. The molecule has 2 saturated heterocycles. The molecule has 1 spiro atoms. The van der Waals surface area contributed by atoms with Crippen LogP contribution in [0.25, 0.3) is 0 Å². The SMILES string of the molecule is CCOC(C(C)C)C(N)C1CCOC2(CCOCC2)C1. The fourth-order valence-electron chi connectivity index (χ4n) is 3.69. The first-order chi connectivity index (χ1) is 9.58. The van der Waals surface area contributed by atoms with Crippen LogP contribution in [-0.2, 0) is 14.2 Å².